The molecule has 2 aromatic carbocycles. The lowest BCUT2D eigenvalue weighted by Gasteiger charge is -2.38. The summed E-state index contributed by atoms with van der Waals surface area (Å²) < 4.78 is 17.8. The highest BCUT2D eigenvalue weighted by atomic mass is 16.6. The van der Waals surface area contributed by atoms with E-state index in [0.717, 1.165) is 17.5 Å². The van der Waals surface area contributed by atoms with Crippen LogP contribution in [0.4, 0.5) is 0 Å². The fourth-order valence-corrected chi connectivity index (χ4v) is 7.69. The Balaban J connectivity index is 1.85. The van der Waals surface area contributed by atoms with Crippen LogP contribution >= 0.6 is 0 Å². The number of rotatable bonds is 20. The van der Waals surface area contributed by atoms with Crippen molar-refractivity contribution in [1.82, 2.24) is 9.80 Å². The SMILES string of the molecule is CO[C@H]([C@@H](C)C(=O)C[C@@H](Cc1ccccc1)C(=O)OC(C)(C)C)[C@@H]1CCCN1C(=O)C[C@@H](OC)[C@H](c1ccccc1)N(C)C(=O)[C@@H](CC(=O)C(C)(C)N)C(C)C. The Kier molecular flexibility index (Phi) is 17.0. The molecule has 0 aromatic heterocycles. The summed E-state index contributed by atoms with van der Waals surface area (Å²) in [5.41, 5.74) is 6.05. The number of ketones is 2. The van der Waals surface area contributed by atoms with Crippen LogP contribution in [0.5, 0.6) is 0 Å². The van der Waals surface area contributed by atoms with Crippen LogP contribution in [0, 0.1) is 23.7 Å². The summed E-state index contributed by atoms with van der Waals surface area (Å²) in [6.45, 7) is 14.8. The average Bonchev–Trinajstić information content (AvgIpc) is 3.62. The van der Waals surface area contributed by atoms with Crippen molar-refractivity contribution in [3.63, 3.8) is 0 Å². The minimum absolute atomic E-state index is 0.00201. The molecule has 0 radical (unpaired) electrons. The maximum atomic E-state index is 14.3. The average molecular weight is 778 g/mol. The van der Waals surface area contributed by atoms with Gasteiger partial charge in [-0.3, -0.25) is 24.0 Å². The van der Waals surface area contributed by atoms with Crippen LogP contribution in [0.2, 0.25) is 0 Å². The first kappa shape index (κ1) is 46.5. The molecule has 7 atom stereocenters. The number of likely N-dealkylation sites (N-methyl/N-ethyl adjacent to an activating group) is 1. The van der Waals surface area contributed by atoms with E-state index < -0.39 is 53.1 Å². The van der Waals surface area contributed by atoms with Crippen LogP contribution in [-0.4, -0.2) is 96.4 Å². The molecule has 1 saturated heterocycles. The molecular weight excluding hydrogens is 711 g/mol. The largest absolute Gasteiger partial charge is 0.460 e. The molecule has 0 unspecified atom stereocenters. The van der Waals surface area contributed by atoms with E-state index >= 15 is 0 Å². The van der Waals surface area contributed by atoms with Gasteiger partial charge >= 0.3 is 5.97 Å². The van der Waals surface area contributed by atoms with Gasteiger partial charge in [0.2, 0.25) is 11.8 Å². The van der Waals surface area contributed by atoms with Crippen LogP contribution in [0.25, 0.3) is 0 Å². The second-order valence-electron chi connectivity index (χ2n) is 17.4. The molecule has 0 saturated carbocycles. The van der Waals surface area contributed by atoms with Crippen molar-refractivity contribution in [2.45, 2.75) is 129 Å². The zero-order valence-electron chi connectivity index (χ0n) is 35.6. The van der Waals surface area contributed by atoms with E-state index in [1.807, 2.05) is 95.3 Å². The number of likely N-dealkylation sites (tertiary alicyclic amines) is 1. The van der Waals surface area contributed by atoms with Gasteiger partial charge < -0.3 is 29.7 Å². The summed E-state index contributed by atoms with van der Waals surface area (Å²) in [6, 6.07) is 18.0. The van der Waals surface area contributed by atoms with Crippen molar-refractivity contribution < 1.29 is 38.2 Å². The number of amides is 2. The molecule has 1 fully saturated rings. The molecule has 2 aromatic rings. The van der Waals surface area contributed by atoms with Crippen molar-refractivity contribution in [2.75, 3.05) is 27.8 Å². The summed E-state index contributed by atoms with van der Waals surface area (Å²) in [7, 11) is 4.78. The fraction of sp³-hybridized carbons (Fsp3) is 0.622. The lowest BCUT2D eigenvalue weighted by Crippen LogP contribution is -2.50. The Morgan fingerprint density at radius 1 is 0.857 bits per heavy atom. The highest BCUT2D eigenvalue weighted by Gasteiger charge is 2.43. The number of hydrogen-bond acceptors (Lipinski definition) is 9. The van der Waals surface area contributed by atoms with Crippen molar-refractivity contribution in [1.29, 1.82) is 0 Å². The maximum absolute atomic E-state index is 14.3. The first-order chi connectivity index (χ1) is 26.2. The molecule has 0 bridgehead atoms. The third-order valence-corrected chi connectivity index (χ3v) is 11.0. The number of esters is 1. The summed E-state index contributed by atoms with van der Waals surface area (Å²) in [5, 5.41) is 0. The zero-order chi connectivity index (χ0) is 42.0. The highest BCUT2D eigenvalue weighted by Crippen LogP contribution is 2.34. The van der Waals surface area contributed by atoms with Crippen molar-refractivity contribution >= 4 is 29.4 Å². The molecule has 2 amide bonds. The number of ether oxygens (including phenoxy) is 3. The number of nitrogens with two attached hydrogens (primary N) is 1. The topological polar surface area (TPSA) is 146 Å². The Bertz CT molecular complexity index is 1600. The number of Topliss-reactive ketones (excluding diaryl/α,β-unsaturated/α-hetero) is 2. The first-order valence-electron chi connectivity index (χ1n) is 20.0. The van der Waals surface area contributed by atoms with Gasteiger partial charge in [0.05, 0.1) is 42.2 Å². The summed E-state index contributed by atoms with van der Waals surface area (Å²) >= 11 is 0. The molecular formula is C45H67N3O8. The van der Waals surface area contributed by atoms with Crippen LogP contribution in [-0.2, 0) is 44.6 Å². The molecule has 56 heavy (non-hydrogen) atoms. The Hall–Kier alpha value is -3.93. The molecule has 11 heteroatoms. The molecule has 1 heterocycles. The second-order valence-corrected chi connectivity index (χ2v) is 17.4. The molecule has 0 aliphatic carbocycles. The molecule has 1 aliphatic heterocycles. The van der Waals surface area contributed by atoms with Crippen LogP contribution < -0.4 is 5.73 Å². The van der Waals surface area contributed by atoms with E-state index in [1.165, 1.54) is 7.11 Å². The van der Waals surface area contributed by atoms with Crippen LogP contribution in [0.15, 0.2) is 60.7 Å². The Labute approximate surface area is 335 Å². The third kappa shape index (κ3) is 12.8. The number of benzene rings is 2. The van der Waals surface area contributed by atoms with Crippen LogP contribution in [0.1, 0.15) is 105 Å². The predicted molar refractivity (Wildman–Crippen MR) is 217 cm³/mol. The zero-order valence-corrected chi connectivity index (χ0v) is 35.6. The van der Waals surface area contributed by atoms with E-state index in [0.29, 0.717) is 19.4 Å². The first-order valence-corrected chi connectivity index (χ1v) is 20.0. The van der Waals surface area contributed by atoms with Gasteiger partial charge in [-0.05, 0) is 70.9 Å². The summed E-state index contributed by atoms with van der Waals surface area (Å²) in [6.07, 6.45) is 0.310. The van der Waals surface area contributed by atoms with Crippen LogP contribution in [0.3, 0.4) is 0 Å². The number of carbonyl (C=O) groups is 5. The maximum Gasteiger partial charge on any atom is 0.310 e. The highest BCUT2D eigenvalue weighted by molar-refractivity contribution is 5.92. The smallest absolute Gasteiger partial charge is 0.310 e. The van der Waals surface area contributed by atoms with Crippen molar-refractivity contribution in [3.8, 4) is 0 Å². The normalized spacial score (nSPS) is 18.1. The van der Waals surface area contributed by atoms with Gasteiger partial charge in [-0.1, -0.05) is 81.4 Å². The van der Waals surface area contributed by atoms with Gasteiger partial charge in [0.1, 0.15) is 11.4 Å². The summed E-state index contributed by atoms with van der Waals surface area (Å²) in [4.78, 5) is 72.4. The number of nitrogens with zero attached hydrogens (tertiary/aromatic N) is 2. The standard InChI is InChI=1S/C45H67N3O8/c1-29(2)34(27-38(50)45(7,8)46)42(52)47(9)40(32-21-16-13-17-22-32)37(54-10)28-39(51)48-24-18-23-35(48)41(55-11)30(3)36(49)26-33(43(53)56-44(4,5)6)25-31-19-14-12-15-20-31/h12-17,19-22,29-30,33-35,37,40-41H,18,23-28,46H2,1-11H3/t30-,33+,34-,35-,37+,40-,41+/m0/s1. The minimum Gasteiger partial charge on any atom is -0.460 e. The monoisotopic (exact) mass is 777 g/mol. The number of carbonyl (C=O) groups excluding carboxylic acids is 5. The predicted octanol–water partition coefficient (Wildman–Crippen LogP) is 6.36. The Morgan fingerprint density at radius 3 is 1.96 bits per heavy atom. The minimum atomic E-state index is -1.08. The Morgan fingerprint density at radius 2 is 1.45 bits per heavy atom. The van der Waals surface area contributed by atoms with E-state index in [-0.39, 0.29) is 54.6 Å². The van der Waals surface area contributed by atoms with Gasteiger partial charge in [-0.25, -0.2) is 0 Å². The van der Waals surface area contributed by atoms with Crippen molar-refractivity contribution in [3.05, 3.63) is 71.8 Å². The molecule has 0 spiro atoms. The van der Waals surface area contributed by atoms with Gasteiger partial charge in [0, 0.05) is 52.5 Å². The molecule has 3 rings (SSSR count). The van der Waals surface area contributed by atoms with Gasteiger partial charge in [0.25, 0.3) is 0 Å². The summed E-state index contributed by atoms with van der Waals surface area (Å²) in [5.74, 6) is -3.25. The third-order valence-electron chi connectivity index (χ3n) is 11.0. The molecule has 310 valence electrons. The van der Waals surface area contributed by atoms with Crippen molar-refractivity contribution in [2.24, 2.45) is 29.4 Å². The lowest BCUT2D eigenvalue weighted by molar-refractivity contribution is -0.161. The molecule has 2 N–H and O–H groups in total. The van der Waals surface area contributed by atoms with Gasteiger partial charge in [-0.15, -0.1) is 0 Å². The van der Waals surface area contributed by atoms with E-state index in [1.54, 1.807) is 44.7 Å². The number of methoxy groups -OCH3 is 2. The van der Waals surface area contributed by atoms with E-state index in [4.69, 9.17) is 19.9 Å². The molecule has 1 aliphatic rings. The lowest BCUT2D eigenvalue weighted by atomic mass is 9.84. The van der Waals surface area contributed by atoms with Gasteiger partial charge in [-0.2, -0.15) is 0 Å². The quantitative estimate of drug-likeness (QED) is 0.152. The second kappa shape index (κ2) is 20.5. The van der Waals surface area contributed by atoms with E-state index in [9.17, 15) is 24.0 Å². The van der Waals surface area contributed by atoms with Gasteiger partial charge in [0.15, 0.2) is 5.78 Å². The molecule has 11 nitrogen and oxygen atoms in total. The van der Waals surface area contributed by atoms with E-state index in [2.05, 4.69) is 0 Å². The number of hydrogen-bond donors (Lipinski definition) is 1. The fourth-order valence-electron chi connectivity index (χ4n) is 7.69.